The van der Waals surface area contributed by atoms with Crippen molar-refractivity contribution in [1.29, 1.82) is 0 Å². The number of halogens is 3. The number of alkyl carbamates (subject to hydrolysis) is 1. The Morgan fingerprint density at radius 2 is 2.00 bits per heavy atom. The van der Waals surface area contributed by atoms with Crippen molar-refractivity contribution in [3.63, 3.8) is 0 Å². The van der Waals surface area contributed by atoms with Crippen LogP contribution in [0.5, 0.6) is 0 Å². The molecule has 0 atom stereocenters. The first kappa shape index (κ1) is 14.5. The van der Waals surface area contributed by atoms with Gasteiger partial charge < -0.3 is 10.1 Å². The van der Waals surface area contributed by atoms with Gasteiger partial charge in [0.2, 0.25) is 0 Å². The van der Waals surface area contributed by atoms with Crippen LogP contribution in [0.3, 0.4) is 0 Å². The summed E-state index contributed by atoms with van der Waals surface area (Å²) in [5, 5.41) is 2.41. The first-order chi connectivity index (χ1) is 7.87. The van der Waals surface area contributed by atoms with Gasteiger partial charge in [-0.1, -0.05) is 12.8 Å². The molecule has 1 N–H and O–H groups in total. The lowest BCUT2D eigenvalue weighted by atomic mass is 10.1. The fourth-order valence-electron chi connectivity index (χ4n) is 1.90. The summed E-state index contributed by atoms with van der Waals surface area (Å²) in [7, 11) is 0. The summed E-state index contributed by atoms with van der Waals surface area (Å²) in [6, 6.07) is 0. The van der Waals surface area contributed by atoms with Gasteiger partial charge in [-0.2, -0.15) is 24.9 Å². The molecular weight excluding hydrogens is 255 g/mol. The van der Waals surface area contributed by atoms with Crippen molar-refractivity contribution >= 4 is 17.9 Å². The third kappa shape index (κ3) is 5.06. The predicted molar refractivity (Wildman–Crippen MR) is 60.1 cm³/mol. The van der Waals surface area contributed by atoms with Gasteiger partial charge in [0.25, 0.3) is 0 Å². The first-order valence-corrected chi connectivity index (χ1v) is 6.62. The van der Waals surface area contributed by atoms with Crippen LogP contribution in [0.25, 0.3) is 0 Å². The van der Waals surface area contributed by atoms with Crippen LogP contribution in [0.15, 0.2) is 0 Å². The molecule has 1 amide bonds. The van der Waals surface area contributed by atoms with E-state index in [4.69, 9.17) is 0 Å². The van der Waals surface area contributed by atoms with Gasteiger partial charge in [-0.15, -0.1) is 0 Å². The van der Waals surface area contributed by atoms with E-state index < -0.39 is 18.9 Å². The molecule has 0 unspecified atom stereocenters. The van der Waals surface area contributed by atoms with Crippen LogP contribution >= 0.6 is 11.8 Å². The smallest absolute Gasteiger partial charge is 0.422 e. The summed E-state index contributed by atoms with van der Waals surface area (Å²) >= 11 is 1.65. The Morgan fingerprint density at radius 3 is 2.47 bits per heavy atom. The maximum Gasteiger partial charge on any atom is 0.422 e. The highest BCUT2D eigenvalue weighted by molar-refractivity contribution is 8.00. The number of ether oxygens (including phenoxy) is 1. The van der Waals surface area contributed by atoms with Crippen molar-refractivity contribution in [2.75, 3.05) is 19.4 Å². The second-order valence-corrected chi connectivity index (χ2v) is 5.41. The lowest BCUT2D eigenvalue weighted by Crippen LogP contribution is -2.39. The monoisotopic (exact) mass is 271 g/mol. The zero-order valence-corrected chi connectivity index (χ0v) is 10.4. The van der Waals surface area contributed by atoms with E-state index in [9.17, 15) is 18.0 Å². The molecule has 0 bridgehead atoms. The summed E-state index contributed by atoms with van der Waals surface area (Å²) < 4.78 is 39.4. The summed E-state index contributed by atoms with van der Waals surface area (Å²) in [4.78, 5) is 11.1. The normalized spacial score (nSPS) is 19.1. The van der Waals surface area contributed by atoms with E-state index in [1.165, 1.54) is 0 Å². The standard InChI is InChI=1S/C10H16F3NO2S/c1-17-9(4-2-3-5-9)6-14-8(15)16-7-10(11,12)13/h2-7H2,1H3,(H,14,15). The molecule has 0 aromatic heterocycles. The highest BCUT2D eigenvalue weighted by Gasteiger charge is 2.34. The first-order valence-electron chi connectivity index (χ1n) is 5.39. The Hall–Kier alpha value is -0.590. The van der Waals surface area contributed by atoms with E-state index in [0.717, 1.165) is 25.7 Å². The molecule has 0 spiro atoms. The Morgan fingerprint density at radius 1 is 1.41 bits per heavy atom. The molecule has 1 fully saturated rings. The highest BCUT2D eigenvalue weighted by Crippen LogP contribution is 2.39. The van der Waals surface area contributed by atoms with Crippen LogP contribution in [0.2, 0.25) is 0 Å². The molecule has 0 aromatic rings. The van der Waals surface area contributed by atoms with Crippen LogP contribution in [-0.2, 0) is 4.74 Å². The van der Waals surface area contributed by atoms with Crippen molar-refractivity contribution in [3.8, 4) is 0 Å². The number of rotatable bonds is 4. The van der Waals surface area contributed by atoms with Gasteiger partial charge in [-0.05, 0) is 19.1 Å². The topological polar surface area (TPSA) is 38.3 Å². The second kappa shape index (κ2) is 5.84. The van der Waals surface area contributed by atoms with Gasteiger partial charge in [0, 0.05) is 11.3 Å². The Kier molecular flexibility index (Phi) is 4.97. The molecule has 0 aliphatic heterocycles. The average Bonchev–Trinajstić information content (AvgIpc) is 2.72. The summed E-state index contributed by atoms with van der Waals surface area (Å²) in [5.41, 5.74) is 0. The van der Waals surface area contributed by atoms with Crippen LogP contribution < -0.4 is 5.32 Å². The molecular formula is C10H16F3NO2S. The van der Waals surface area contributed by atoms with E-state index in [1.807, 2.05) is 6.26 Å². The fourth-order valence-corrected chi connectivity index (χ4v) is 2.82. The lowest BCUT2D eigenvalue weighted by Gasteiger charge is -2.26. The number of alkyl halides is 3. The van der Waals surface area contributed by atoms with Crippen LogP contribution in [0, 0.1) is 0 Å². The molecule has 7 heteroatoms. The minimum absolute atomic E-state index is 0.0305. The quantitative estimate of drug-likeness (QED) is 0.854. The summed E-state index contributed by atoms with van der Waals surface area (Å²) in [5.74, 6) is 0. The maximum atomic E-state index is 11.8. The van der Waals surface area contributed by atoms with Crippen LogP contribution in [0.1, 0.15) is 25.7 Å². The molecule has 1 rings (SSSR count). The van der Waals surface area contributed by atoms with E-state index in [1.54, 1.807) is 11.8 Å². The third-order valence-electron chi connectivity index (χ3n) is 2.87. The SMILES string of the molecule is CSC1(CNC(=O)OCC(F)(F)F)CCCC1. The molecule has 1 saturated carbocycles. The number of nitrogens with one attached hydrogen (secondary N) is 1. The molecule has 1 aliphatic rings. The molecule has 100 valence electrons. The predicted octanol–water partition coefficient (Wildman–Crippen LogP) is 2.95. The van der Waals surface area contributed by atoms with Gasteiger partial charge >= 0.3 is 12.3 Å². The number of thioether (sulfide) groups is 1. The fraction of sp³-hybridized carbons (Fsp3) is 0.900. The van der Waals surface area contributed by atoms with E-state index in [-0.39, 0.29) is 4.75 Å². The van der Waals surface area contributed by atoms with Gasteiger partial charge in [0.1, 0.15) is 0 Å². The molecule has 1 aliphatic carbocycles. The maximum absolute atomic E-state index is 11.8. The average molecular weight is 271 g/mol. The molecule has 0 radical (unpaired) electrons. The van der Waals surface area contributed by atoms with E-state index in [0.29, 0.717) is 6.54 Å². The van der Waals surface area contributed by atoms with Crippen molar-refractivity contribution in [3.05, 3.63) is 0 Å². The number of amides is 1. The minimum Gasteiger partial charge on any atom is -0.440 e. The third-order valence-corrected chi connectivity index (χ3v) is 4.29. The molecule has 0 heterocycles. The zero-order valence-electron chi connectivity index (χ0n) is 9.60. The highest BCUT2D eigenvalue weighted by atomic mass is 32.2. The van der Waals surface area contributed by atoms with E-state index in [2.05, 4.69) is 10.1 Å². The number of carbonyl (C=O) groups is 1. The molecule has 0 saturated heterocycles. The lowest BCUT2D eigenvalue weighted by molar-refractivity contribution is -0.160. The van der Waals surface area contributed by atoms with Gasteiger partial charge in [0.05, 0.1) is 0 Å². The van der Waals surface area contributed by atoms with Gasteiger partial charge in [-0.3, -0.25) is 0 Å². The Balaban J connectivity index is 2.27. The second-order valence-electron chi connectivity index (χ2n) is 4.14. The van der Waals surface area contributed by atoms with Crippen molar-refractivity contribution in [1.82, 2.24) is 5.32 Å². The number of hydrogen-bond donors (Lipinski definition) is 1. The largest absolute Gasteiger partial charge is 0.440 e. The van der Waals surface area contributed by atoms with Gasteiger partial charge in [0.15, 0.2) is 6.61 Å². The molecule has 0 aromatic carbocycles. The van der Waals surface area contributed by atoms with Crippen molar-refractivity contribution in [2.45, 2.75) is 36.6 Å². The number of hydrogen-bond acceptors (Lipinski definition) is 3. The number of carbonyl (C=O) groups excluding carboxylic acids is 1. The molecule has 3 nitrogen and oxygen atoms in total. The molecule has 17 heavy (non-hydrogen) atoms. The van der Waals surface area contributed by atoms with Crippen molar-refractivity contribution in [2.24, 2.45) is 0 Å². The van der Waals surface area contributed by atoms with Gasteiger partial charge in [-0.25, -0.2) is 4.79 Å². The van der Waals surface area contributed by atoms with Crippen LogP contribution in [0.4, 0.5) is 18.0 Å². The van der Waals surface area contributed by atoms with Crippen LogP contribution in [-0.4, -0.2) is 36.4 Å². The Bertz CT molecular complexity index is 265. The minimum atomic E-state index is -4.47. The summed E-state index contributed by atoms with van der Waals surface area (Å²) in [6.07, 6.45) is 0.639. The van der Waals surface area contributed by atoms with Crippen molar-refractivity contribution < 1.29 is 22.7 Å². The summed E-state index contributed by atoms with van der Waals surface area (Å²) in [6.45, 7) is -1.17. The van der Waals surface area contributed by atoms with E-state index >= 15 is 0 Å². The Labute approximate surface area is 102 Å². The zero-order chi connectivity index (χ0) is 12.9.